The van der Waals surface area contributed by atoms with Crippen molar-refractivity contribution >= 4 is 17.4 Å². The fourth-order valence-electron chi connectivity index (χ4n) is 5.78. The van der Waals surface area contributed by atoms with E-state index in [1.165, 1.54) is 12.1 Å². The minimum Gasteiger partial charge on any atom is -0.392 e. The molecule has 38 heavy (non-hydrogen) atoms. The Bertz CT molecular complexity index is 1150. The Kier molecular flexibility index (Phi) is 8.39. The van der Waals surface area contributed by atoms with Gasteiger partial charge in [0, 0.05) is 23.1 Å². The van der Waals surface area contributed by atoms with Crippen molar-refractivity contribution in [2.24, 2.45) is 11.8 Å². The maximum absolute atomic E-state index is 13.2. The van der Waals surface area contributed by atoms with Crippen molar-refractivity contribution in [2.45, 2.75) is 57.9 Å². The molecule has 1 saturated heterocycles. The monoisotopic (exact) mass is 520 g/mol. The second-order valence-electron chi connectivity index (χ2n) is 10.8. The molecule has 7 nitrogen and oxygen atoms in total. The summed E-state index contributed by atoms with van der Waals surface area (Å²) >= 11 is 0. The molecule has 2 aromatic rings. The number of piperidine rings is 1. The summed E-state index contributed by atoms with van der Waals surface area (Å²) in [6.07, 6.45) is 9.01. The molecule has 3 aliphatic rings. The summed E-state index contributed by atoms with van der Waals surface area (Å²) < 4.78 is 13.2. The fraction of sp³-hybridized carbons (Fsp3) is 0.467. The van der Waals surface area contributed by atoms with Crippen LogP contribution in [0.2, 0.25) is 0 Å². The van der Waals surface area contributed by atoms with Gasteiger partial charge < -0.3 is 15.1 Å². The topological polar surface area (TPSA) is 73.9 Å². The molecule has 8 heteroatoms. The lowest BCUT2D eigenvalue weighted by Gasteiger charge is -2.34. The molecule has 2 heterocycles. The number of carbonyl (C=O) groups excluding carboxylic acids is 2. The van der Waals surface area contributed by atoms with E-state index in [2.05, 4.69) is 15.8 Å². The van der Waals surface area contributed by atoms with Crippen LogP contribution in [0.4, 0.5) is 10.1 Å². The highest BCUT2D eigenvalue weighted by Gasteiger charge is 2.27. The zero-order valence-electron chi connectivity index (χ0n) is 22.0. The summed E-state index contributed by atoms with van der Waals surface area (Å²) in [6.45, 7) is 4.81. The van der Waals surface area contributed by atoms with Crippen molar-refractivity contribution in [3.8, 4) is 0 Å². The third-order valence-corrected chi connectivity index (χ3v) is 8.13. The van der Waals surface area contributed by atoms with Gasteiger partial charge in [0.15, 0.2) is 5.78 Å². The van der Waals surface area contributed by atoms with E-state index < -0.39 is 0 Å². The van der Waals surface area contributed by atoms with Crippen molar-refractivity contribution in [1.29, 1.82) is 0 Å². The van der Waals surface area contributed by atoms with E-state index in [0.717, 1.165) is 76.0 Å². The number of halogens is 1. The lowest BCUT2D eigenvalue weighted by atomic mass is 9.83. The average molecular weight is 521 g/mol. The zero-order chi connectivity index (χ0) is 26.5. The second kappa shape index (κ2) is 12.1. The Hall–Kier alpha value is -3.23. The summed E-state index contributed by atoms with van der Waals surface area (Å²) in [4.78, 5) is 33.4. The standard InChI is InChI=1S/C30H37FN4O3/c1-21-20-35(33-38-21)28-4-2-3-25(19-28)30(37)32-27-11-5-22(6-12-27)13-16-34-17-14-24(15-18-34)29(36)23-7-9-26(31)10-8-23/h2-4,7-10,19-20,22,24,27,33H,5-6,11-18H2,1H3,(H,32,37)/t22-,27-. The summed E-state index contributed by atoms with van der Waals surface area (Å²) in [6, 6.07) is 13.6. The lowest BCUT2D eigenvalue weighted by Crippen LogP contribution is -2.39. The summed E-state index contributed by atoms with van der Waals surface area (Å²) in [5, 5.41) is 4.99. The van der Waals surface area contributed by atoms with Crippen molar-refractivity contribution in [3.63, 3.8) is 0 Å². The van der Waals surface area contributed by atoms with Gasteiger partial charge >= 0.3 is 0 Å². The van der Waals surface area contributed by atoms with Crippen LogP contribution in [0.3, 0.4) is 0 Å². The van der Waals surface area contributed by atoms with Crippen LogP contribution in [0.5, 0.6) is 0 Å². The quantitative estimate of drug-likeness (QED) is 0.465. The molecular formula is C30H37FN4O3. The third-order valence-electron chi connectivity index (χ3n) is 8.13. The molecule has 202 valence electrons. The number of benzene rings is 2. The van der Waals surface area contributed by atoms with Gasteiger partial charge in [0.1, 0.15) is 11.6 Å². The Labute approximate surface area is 223 Å². The SMILES string of the molecule is CC1=CN(c2cccc(C(=O)N[C@H]3CC[C@H](CCN4CCC(C(=O)c5ccc(F)cc5)CC4)CC3)c2)NO1. The molecule has 0 aromatic heterocycles. The number of hydrogen-bond donors (Lipinski definition) is 2. The first kappa shape index (κ1) is 26.4. The number of hydrazine groups is 1. The number of carbonyl (C=O) groups is 2. The first-order chi connectivity index (χ1) is 18.4. The van der Waals surface area contributed by atoms with Crippen molar-refractivity contribution in [1.82, 2.24) is 15.8 Å². The Balaban J connectivity index is 1.01. The minimum absolute atomic E-state index is 0.0332. The van der Waals surface area contributed by atoms with Gasteiger partial charge in [-0.1, -0.05) is 11.7 Å². The molecule has 0 radical (unpaired) electrons. The molecule has 5 rings (SSSR count). The van der Waals surface area contributed by atoms with Crippen molar-refractivity contribution in [3.05, 3.63) is 77.4 Å². The molecule has 2 aromatic carbocycles. The van der Waals surface area contributed by atoms with Gasteiger partial charge in [-0.25, -0.2) is 9.40 Å². The fourth-order valence-corrected chi connectivity index (χ4v) is 5.78. The van der Waals surface area contributed by atoms with Gasteiger partial charge in [-0.15, -0.1) is 0 Å². The van der Waals surface area contributed by atoms with Gasteiger partial charge in [0.05, 0.1) is 11.9 Å². The van der Waals surface area contributed by atoms with Crippen LogP contribution in [0.15, 0.2) is 60.5 Å². The van der Waals surface area contributed by atoms with E-state index in [4.69, 9.17) is 4.84 Å². The van der Waals surface area contributed by atoms with Gasteiger partial charge in [-0.05, 0) is 120 Å². The van der Waals surface area contributed by atoms with Gasteiger partial charge in [0.2, 0.25) is 0 Å². The predicted octanol–water partition coefficient (Wildman–Crippen LogP) is 5.22. The highest BCUT2D eigenvalue weighted by Crippen LogP contribution is 2.29. The summed E-state index contributed by atoms with van der Waals surface area (Å²) in [5.74, 6) is 1.29. The van der Waals surface area contributed by atoms with Crippen molar-refractivity contribution < 1.29 is 18.8 Å². The molecular weight excluding hydrogens is 483 g/mol. The van der Waals surface area contributed by atoms with E-state index in [1.54, 1.807) is 17.1 Å². The molecule has 2 N–H and O–H groups in total. The number of likely N-dealkylation sites (tertiary alicyclic amines) is 1. The number of rotatable bonds is 8. The van der Waals surface area contributed by atoms with Crippen LogP contribution < -0.4 is 15.9 Å². The first-order valence-corrected chi connectivity index (χ1v) is 13.8. The maximum Gasteiger partial charge on any atom is 0.251 e. The highest BCUT2D eigenvalue weighted by atomic mass is 19.1. The summed E-state index contributed by atoms with van der Waals surface area (Å²) in [7, 11) is 0. The Morgan fingerprint density at radius 3 is 2.42 bits per heavy atom. The van der Waals surface area contributed by atoms with E-state index in [-0.39, 0.29) is 29.5 Å². The molecule has 2 fully saturated rings. The molecule has 0 spiro atoms. The molecule has 0 bridgehead atoms. The number of ketones is 1. The lowest BCUT2D eigenvalue weighted by molar-refractivity contribution is 0.0832. The maximum atomic E-state index is 13.2. The average Bonchev–Trinajstić information content (AvgIpc) is 3.39. The van der Waals surface area contributed by atoms with Crippen molar-refractivity contribution in [2.75, 3.05) is 24.6 Å². The molecule has 1 aliphatic carbocycles. The Morgan fingerprint density at radius 2 is 1.74 bits per heavy atom. The number of hydrogen-bond acceptors (Lipinski definition) is 6. The largest absolute Gasteiger partial charge is 0.392 e. The Morgan fingerprint density at radius 1 is 1.00 bits per heavy atom. The van der Waals surface area contributed by atoms with E-state index in [9.17, 15) is 14.0 Å². The number of anilines is 1. The molecule has 2 aliphatic heterocycles. The van der Waals surface area contributed by atoms with Crippen LogP contribution in [0.1, 0.15) is 72.6 Å². The third kappa shape index (κ3) is 6.60. The smallest absolute Gasteiger partial charge is 0.251 e. The summed E-state index contributed by atoms with van der Waals surface area (Å²) in [5.41, 5.74) is 4.92. The number of nitrogens with zero attached hydrogens (tertiary/aromatic N) is 2. The molecule has 0 unspecified atom stereocenters. The van der Waals surface area contributed by atoms with Crippen LogP contribution >= 0.6 is 0 Å². The highest BCUT2D eigenvalue weighted by molar-refractivity contribution is 5.98. The molecule has 1 amide bonds. The van der Waals surface area contributed by atoms with Gasteiger partial charge in [-0.2, -0.15) is 0 Å². The van der Waals surface area contributed by atoms with Gasteiger partial charge in [-0.3, -0.25) is 9.59 Å². The minimum atomic E-state index is -0.308. The van der Waals surface area contributed by atoms with Crippen LogP contribution in [-0.2, 0) is 4.84 Å². The van der Waals surface area contributed by atoms with Gasteiger partial charge in [0.25, 0.3) is 5.91 Å². The number of Topliss-reactive ketones (excluding diaryl/α,β-unsaturated/α-hetero) is 1. The first-order valence-electron chi connectivity index (χ1n) is 13.8. The van der Waals surface area contributed by atoms with Crippen LogP contribution in [0, 0.1) is 17.7 Å². The van der Waals surface area contributed by atoms with E-state index >= 15 is 0 Å². The normalized spacial score (nSPS) is 22.6. The molecule has 1 saturated carbocycles. The number of allylic oxidation sites excluding steroid dienone is 1. The molecule has 0 atom stereocenters. The van der Waals surface area contributed by atoms with E-state index in [1.807, 2.05) is 37.4 Å². The zero-order valence-corrected chi connectivity index (χ0v) is 22.0. The van der Waals surface area contributed by atoms with Crippen LogP contribution in [0.25, 0.3) is 0 Å². The second-order valence-corrected chi connectivity index (χ2v) is 10.8. The van der Waals surface area contributed by atoms with Crippen LogP contribution in [-0.4, -0.2) is 42.3 Å². The predicted molar refractivity (Wildman–Crippen MR) is 145 cm³/mol. The number of amides is 1. The van der Waals surface area contributed by atoms with E-state index in [0.29, 0.717) is 17.0 Å². The number of nitrogens with one attached hydrogen (secondary N) is 2.